The van der Waals surface area contributed by atoms with Gasteiger partial charge in [-0.05, 0) is 47.5 Å². The van der Waals surface area contributed by atoms with Gasteiger partial charge >= 0.3 is 12.4 Å². The number of pyridine rings is 3. The fourth-order valence-electron chi connectivity index (χ4n) is 3.39. The lowest BCUT2D eigenvalue weighted by molar-refractivity contribution is -0.141. The summed E-state index contributed by atoms with van der Waals surface area (Å²) in [5.74, 6) is -1.38. The number of halogens is 6. The zero-order valence-corrected chi connectivity index (χ0v) is 20.5. The second kappa shape index (κ2) is 13.3. The first-order valence-corrected chi connectivity index (χ1v) is 11.2. The van der Waals surface area contributed by atoms with Crippen molar-refractivity contribution in [3.63, 3.8) is 0 Å². The van der Waals surface area contributed by atoms with Gasteiger partial charge in [-0.1, -0.05) is 0 Å². The number of hydrogen-bond acceptors (Lipinski definition) is 9. The standard InChI is InChI=1S/C26H17F6N3O6/c27-25(28,29)11-19(40-14-37)5-16-1-3-33-21(7-16)23-9-18(39-13-36)10-24(35-23)22-8-17(2-4-34-22)6-20(41-15-38)12-26(30,31)32/h1-10,13-15H,11-12H2/b19-5+,20-6+. The van der Waals surface area contributed by atoms with Gasteiger partial charge in [0.05, 0.1) is 22.8 Å². The summed E-state index contributed by atoms with van der Waals surface area (Å²) < 4.78 is 90.7. The summed E-state index contributed by atoms with van der Waals surface area (Å²) in [4.78, 5) is 45.0. The Balaban J connectivity index is 2.05. The van der Waals surface area contributed by atoms with Crippen LogP contribution in [0, 0.1) is 0 Å². The molecule has 0 atom stereocenters. The minimum absolute atomic E-state index is 0.0328. The van der Waals surface area contributed by atoms with Gasteiger partial charge in [0.15, 0.2) is 0 Å². The van der Waals surface area contributed by atoms with Gasteiger partial charge in [0.25, 0.3) is 19.4 Å². The van der Waals surface area contributed by atoms with E-state index in [9.17, 15) is 40.7 Å². The minimum Gasteiger partial charge on any atom is -0.433 e. The molecule has 0 aliphatic heterocycles. The van der Waals surface area contributed by atoms with Crippen LogP contribution in [0.5, 0.6) is 5.75 Å². The molecular weight excluding hydrogens is 564 g/mol. The molecule has 0 unspecified atom stereocenters. The summed E-state index contributed by atoms with van der Waals surface area (Å²) in [6, 6.07) is 7.95. The van der Waals surface area contributed by atoms with Crippen LogP contribution in [0.25, 0.3) is 34.9 Å². The number of carbonyl (C=O) groups is 3. The average molecular weight is 581 g/mol. The Kier molecular flexibility index (Phi) is 9.90. The first kappa shape index (κ1) is 30.5. The molecule has 0 N–H and O–H groups in total. The fourth-order valence-corrected chi connectivity index (χ4v) is 3.39. The molecule has 0 aliphatic carbocycles. The fraction of sp³-hybridized carbons (Fsp3) is 0.154. The SMILES string of the molecule is O=CO/C(=C/c1ccnc(-c2cc(OC=O)cc(-c3cc(/C=C(\CC(F)(F)F)OC=O)ccn3)n2)c1)CC(F)(F)F. The molecule has 214 valence electrons. The van der Waals surface area contributed by atoms with Crippen molar-refractivity contribution in [2.75, 3.05) is 0 Å². The van der Waals surface area contributed by atoms with Crippen molar-refractivity contribution >= 4 is 31.6 Å². The van der Waals surface area contributed by atoms with Crippen molar-refractivity contribution in [3.8, 4) is 28.5 Å². The van der Waals surface area contributed by atoms with Crippen LogP contribution in [-0.2, 0) is 23.9 Å². The summed E-state index contributed by atoms with van der Waals surface area (Å²) >= 11 is 0. The number of aromatic nitrogens is 3. The Labute approximate surface area is 227 Å². The number of alkyl halides is 6. The highest BCUT2D eigenvalue weighted by Gasteiger charge is 2.31. The van der Waals surface area contributed by atoms with Gasteiger partial charge < -0.3 is 14.2 Å². The lowest BCUT2D eigenvalue weighted by Crippen LogP contribution is -2.10. The topological polar surface area (TPSA) is 118 Å². The van der Waals surface area contributed by atoms with E-state index in [4.69, 9.17) is 4.74 Å². The van der Waals surface area contributed by atoms with E-state index in [-0.39, 0.29) is 59.1 Å². The van der Waals surface area contributed by atoms with Crippen LogP contribution in [0.2, 0.25) is 0 Å². The highest BCUT2D eigenvalue weighted by molar-refractivity contribution is 5.69. The van der Waals surface area contributed by atoms with Crippen molar-refractivity contribution < 1.29 is 54.9 Å². The third-order valence-corrected chi connectivity index (χ3v) is 4.88. The van der Waals surface area contributed by atoms with Crippen LogP contribution in [-0.4, -0.2) is 46.7 Å². The zero-order chi connectivity index (χ0) is 30.0. The molecule has 3 heterocycles. The third-order valence-electron chi connectivity index (χ3n) is 4.88. The van der Waals surface area contributed by atoms with Crippen LogP contribution in [0.1, 0.15) is 24.0 Å². The van der Waals surface area contributed by atoms with E-state index in [1.54, 1.807) is 0 Å². The molecule has 3 aromatic heterocycles. The highest BCUT2D eigenvalue weighted by atomic mass is 19.4. The quantitative estimate of drug-likeness (QED) is 0.151. The summed E-state index contributed by atoms with van der Waals surface area (Å²) in [7, 11) is 0. The summed E-state index contributed by atoms with van der Waals surface area (Å²) in [6.45, 7) is -0.148. The Morgan fingerprint density at radius 1 is 0.659 bits per heavy atom. The molecule has 0 aliphatic rings. The number of nitrogens with zero attached hydrogens (tertiary/aromatic N) is 3. The maximum atomic E-state index is 12.8. The van der Waals surface area contributed by atoms with E-state index in [0.29, 0.717) is 0 Å². The predicted molar refractivity (Wildman–Crippen MR) is 129 cm³/mol. The van der Waals surface area contributed by atoms with Crippen molar-refractivity contribution in [3.05, 3.63) is 71.4 Å². The molecule has 0 amide bonds. The van der Waals surface area contributed by atoms with E-state index < -0.39 is 36.7 Å². The van der Waals surface area contributed by atoms with Crippen LogP contribution in [0.4, 0.5) is 26.3 Å². The molecule has 0 bridgehead atoms. The monoisotopic (exact) mass is 581 g/mol. The number of rotatable bonds is 12. The first-order chi connectivity index (χ1) is 19.4. The summed E-state index contributed by atoms with van der Waals surface area (Å²) in [5.41, 5.74) is 0.701. The number of carbonyl (C=O) groups excluding carboxylic acids is 3. The number of allylic oxidation sites excluding steroid dienone is 2. The number of ether oxygens (including phenoxy) is 3. The Bertz CT molecular complexity index is 1370. The second-order valence-corrected chi connectivity index (χ2v) is 7.97. The minimum atomic E-state index is -4.65. The van der Waals surface area contributed by atoms with Crippen molar-refractivity contribution in [1.29, 1.82) is 0 Å². The molecule has 0 fully saturated rings. The van der Waals surface area contributed by atoms with Crippen LogP contribution >= 0.6 is 0 Å². The van der Waals surface area contributed by atoms with Crippen LogP contribution < -0.4 is 4.74 Å². The van der Waals surface area contributed by atoms with Crippen LogP contribution in [0.3, 0.4) is 0 Å². The molecule has 9 nitrogen and oxygen atoms in total. The average Bonchev–Trinajstić information content (AvgIpc) is 2.87. The van der Waals surface area contributed by atoms with Crippen molar-refractivity contribution in [2.24, 2.45) is 0 Å². The molecule has 0 saturated carbocycles. The van der Waals surface area contributed by atoms with Gasteiger partial charge in [-0.15, -0.1) is 0 Å². The molecular formula is C26H17F6N3O6. The maximum Gasteiger partial charge on any atom is 0.396 e. The lowest BCUT2D eigenvalue weighted by Gasteiger charge is -2.10. The van der Waals surface area contributed by atoms with Crippen molar-refractivity contribution in [2.45, 2.75) is 25.2 Å². The van der Waals surface area contributed by atoms with E-state index in [0.717, 1.165) is 12.2 Å². The summed E-state index contributed by atoms with van der Waals surface area (Å²) in [5, 5.41) is 0. The Morgan fingerprint density at radius 2 is 1.10 bits per heavy atom. The van der Waals surface area contributed by atoms with Crippen molar-refractivity contribution in [1.82, 2.24) is 15.0 Å². The van der Waals surface area contributed by atoms with E-state index in [2.05, 4.69) is 24.4 Å². The van der Waals surface area contributed by atoms with E-state index >= 15 is 0 Å². The molecule has 0 radical (unpaired) electrons. The molecule has 0 saturated heterocycles. The normalized spacial score (nSPS) is 12.4. The summed E-state index contributed by atoms with van der Waals surface area (Å²) in [6.07, 6.45) is -7.84. The molecule has 41 heavy (non-hydrogen) atoms. The van der Waals surface area contributed by atoms with Gasteiger partial charge in [0.1, 0.15) is 30.1 Å². The third kappa shape index (κ3) is 9.87. The Morgan fingerprint density at radius 3 is 1.46 bits per heavy atom. The number of hydrogen-bond donors (Lipinski definition) is 0. The van der Waals surface area contributed by atoms with Gasteiger partial charge in [-0.2, -0.15) is 26.3 Å². The van der Waals surface area contributed by atoms with Crippen LogP contribution in [0.15, 0.2) is 60.3 Å². The van der Waals surface area contributed by atoms with Gasteiger partial charge in [-0.25, -0.2) is 4.98 Å². The molecule has 3 rings (SSSR count). The highest BCUT2D eigenvalue weighted by Crippen LogP contribution is 2.30. The second-order valence-electron chi connectivity index (χ2n) is 7.97. The smallest absolute Gasteiger partial charge is 0.396 e. The zero-order valence-electron chi connectivity index (χ0n) is 20.5. The molecule has 15 heteroatoms. The first-order valence-electron chi connectivity index (χ1n) is 11.2. The van der Waals surface area contributed by atoms with Gasteiger partial charge in [0.2, 0.25) is 0 Å². The van der Waals surface area contributed by atoms with E-state index in [1.807, 2.05) is 0 Å². The largest absolute Gasteiger partial charge is 0.433 e. The molecule has 0 aromatic carbocycles. The van der Waals surface area contributed by atoms with Gasteiger partial charge in [0, 0.05) is 24.5 Å². The lowest BCUT2D eigenvalue weighted by atomic mass is 10.1. The molecule has 3 aromatic rings. The predicted octanol–water partition coefficient (Wildman–Crippen LogP) is 5.67. The van der Waals surface area contributed by atoms with E-state index in [1.165, 1.54) is 48.8 Å². The maximum absolute atomic E-state index is 12.8. The van der Waals surface area contributed by atoms with Gasteiger partial charge in [-0.3, -0.25) is 24.4 Å². The molecule has 0 spiro atoms. The Hall–Kier alpha value is -5.08.